The lowest BCUT2D eigenvalue weighted by Gasteiger charge is -2.04. The van der Waals surface area contributed by atoms with Gasteiger partial charge in [-0.05, 0) is 18.2 Å². The Morgan fingerprint density at radius 3 is 2.94 bits per heavy atom. The highest BCUT2D eigenvalue weighted by atomic mass is 16.7. The van der Waals surface area contributed by atoms with E-state index >= 15 is 0 Å². The third-order valence-electron chi connectivity index (χ3n) is 2.62. The Hall–Kier alpha value is -1.59. The van der Waals surface area contributed by atoms with Crippen molar-refractivity contribution < 1.29 is 9.47 Å². The van der Waals surface area contributed by atoms with Gasteiger partial charge in [0.2, 0.25) is 6.29 Å². The van der Waals surface area contributed by atoms with Crippen LogP contribution in [0.25, 0.3) is 5.52 Å². The van der Waals surface area contributed by atoms with Crippen LogP contribution in [0.3, 0.4) is 0 Å². The minimum absolute atomic E-state index is 0.315. The van der Waals surface area contributed by atoms with E-state index in [4.69, 9.17) is 9.47 Å². The normalized spacial score (nSPS) is 17.1. The van der Waals surface area contributed by atoms with Crippen molar-refractivity contribution in [3.05, 3.63) is 30.0 Å². The quantitative estimate of drug-likeness (QED) is 0.829. The second kappa shape index (κ2) is 3.77. The van der Waals surface area contributed by atoms with Gasteiger partial charge in [-0.3, -0.25) is 0 Å². The summed E-state index contributed by atoms with van der Waals surface area (Å²) >= 11 is 0. The first-order valence-corrected chi connectivity index (χ1v) is 5.28. The van der Waals surface area contributed by atoms with Crippen molar-refractivity contribution in [1.82, 2.24) is 9.61 Å². The van der Waals surface area contributed by atoms with Crippen LogP contribution in [0.15, 0.2) is 24.3 Å². The number of aromatic nitrogens is 2. The Bertz CT molecular complexity index is 503. The maximum absolute atomic E-state index is 5.42. The van der Waals surface area contributed by atoms with Gasteiger partial charge in [0.1, 0.15) is 11.5 Å². The lowest BCUT2D eigenvalue weighted by molar-refractivity contribution is -0.0474. The van der Waals surface area contributed by atoms with Crippen LogP contribution in [0, 0.1) is 0 Å². The molecule has 0 bridgehead atoms. The topological polar surface area (TPSA) is 47.8 Å². The van der Waals surface area contributed by atoms with Crippen LogP contribution in [-0.4, -0.2) is 29.9 Å². The molecule has 0 spiro atoms. The number of ether oxygens (including phenoxy) is 2. The van der Waals surface area contributed by atoms with Crippen molar-refractivity contribution >= 4 is 11.3 Å². The summed E-state index contributed by atoms with van der Waals surface area (Å²) in [4.78, 5) is 0. The summed E-state index contributed by atoms with van der Waals surface area (Å²) in [5.74, 6) is 0.946. The molecule has 5 heteroatoms. The average Bonchev–Trinajstić information content (AvgIpc) is 2.96. The lowest BCUT2D eigenvalue weighted by atomic mass is 10.3. The second-order valence-corrected chi connectivity index (χ2v) is 3.64. The van der Waals surface area contributed by atoms with Gasteiger partial charge in [-0.1, -0.05) is 6.07 Å². The molecule has 0 saturated carbocycles. The zero-order valence-corrected chi connectivity index (χ0v) is 9.01. The largest absolute Gasteiger partial charge is 0.373 e. The van der Waals surface area contributed by atoms with Crippen molar-refractivity contribution in [2.75, 3.05) is 25.6 Å². The first-order chi connectivity index (χ1) is 7.88. The molecule has 0 amide bonds. The molecule has 0 unspecified atom stereocenters. The van der Waals surface area contributed by atoms with Crippen molar-refractivity contribution in [1.29, 1.82) is 0 Å². The number of hydrogen-bond donors (Lipinski definition) is 1. The molecule has 1 saturated heterocycles. The summed E-state index contributed by atoms with van der Waals surface area (Å²) in [7, 11) is 1.87. The average molecular weight is 219 g/mol. The smallest absolute Gasteiger partial charge is 0.203 e. The highest BCUT2D eigenvalue weighted by molar-refractivity contribution is 5.54. The molecule has 3 heterocycles. The number of fused-ring (bicyclic) bond motifs is 1. The fourth-order valence-corrected chi connectivity index (χ4v) is 1.87. The third-order valence-corrected chi connectivity index (χ3v) is 2.62. The molecule has 0 atom stereocenters. The highest BCUT2D eigenvalue weighted by Crippen LogP contribution is 2.24. The molecule has 2 aromatic heterocycles. The molecule has 0 aliphatic carbocycles. The van der Waals surface area contributed by atoms with Gasteiger partial charge in [-0.2, -0.15) is 5.10 Å². The van der Waals surface area contributed by atoms with Crippen LogP contribution in [0.1, 0.15) is 12.0 Å². The zero-order chi connectivity index (χ0) is 11.0. The molecule has 0 radical (unpaired) electrons. The minimum atomic E-state index is -0.315. The van der Waals surface area contributed by atoms with Crippen molar-refractivity contribution in [2.45, 2.75) is 6.29 Å². The van der Waals surface area contributed by atoms with Crippen LogP contribution in [0.2, 0.25) is 0 Å². The Balaban J connectivity index is 2.07. The van der Waals surface area contributed by atoms with Gasteiger partial charge in [0.25, 0.3) is 0 Å². The summed E-state index contributed by atoms with van der Waals surface area (Å²) < 4.78 is 12.7. The van der Waals surface area contributed by atoms with E-state index in [1.807, 2.05) is 35.8 Å². The van der Waals surface area contributed by atoms with E-state index in [-0.39, 0.29) is 6.29 Å². The van der Waals surface area contributed by atoms with Crippen LogP contribution in [0.4, 0.5) is 5.82 Å². The van der Waals surface area contributed by atoms with Gasteiger partial charge in [0, 0.05) is 7.05 Å². The molecule has 1 aliphatic rings. The van der Waals surface area contributed by atoms with Gasteiger partial charge in [-0.25, -0.2) is 4.52 Å². The fourth-order valence-electron chi connectivity index (χ4n) is 1.87. The monoisotopic (exact) mass is 219 g/mol. The lowest BCUT2D eigenvalue weighted by Crippen LogP contribution is -2.01. The number of pyridine rings is 1. The number of rotatable bonds is 2. The van der Waals surface area contributed by atoms with Gasteiger partial charge >= 0.3 is 0 Å². The summed E-state index contributed by atoms with van der Waals surface area (Å²) in [5.41, 5.74) is 1.85. The Kier molecular flexibility index (Phi) is 2.27. The molecular formula is C11H13N3O2. The molecule has 84 valence electrons. The molecule has 1 fully saturated rings. The highest BCUT2D eigenvalue weighted by Gasteiger charge is 2.21. The molecule has 1 aliphatic heterocycles. The standard InChI is InChI=1S/C11H13N3O2/c1-12-10-4-2-3-8-7-9(13-14(8)10)11-15-5-6-16-11/h2-4,7,11-12H,5-6H2,1H3. The summed E-state index contributed by atoms with van der Waals surface area (Å²) in [6.45, 7) is 1.27. The van der Waals surface area contributed by atoms with Crippen LogP contribution >= 0.6 is 0 Å². The molecule has 1 N–H and O–H groups in total. The maximum Gasteiger partial charge on any atom is 0.203 e. The van der Waals surface area contributed by atoms with Gasteiger partial charge in [0.05, 0.1) is 18.7 Å². The molecular weight excluding hydrogens is 206 g/mol. The molecule has 16 heavy (non-hydrogen) atoms. The zero-order valence-electron chi connectivity index (χ0n) is 9.01. The Morgan fingerprint density at radius 1 is 1.38 bits per heavy atom. The molecule has 3 rings (SSSR count). The van der Waals surface area contributed by atoms with E-state index in [9.17, 15) is 0 Å². The van der Waals surface area contributed by atoms with Gasteiger partial charge < -0.3 is 14.8 Å². The van der Waals surface area contributed by atoms with E-state index in [1.54, 1.807) is 0 Å². The SMILES string of the molecule is CNc1cccc2cc(C3OCCO3)nn12. The van der Waals surface area contributed by atoms with E-state index in [1.165, 1.54) is 0 Å². The first kappa shape index (κ1) is 9.62. The van der Waals surface area contributed by atoms with E-state index in [2.05, 4.69) is 10.4 Å². The fraction of sp³-hybridized carbons (Fsp3) is 0.364. The van der Waals surface area contributed by atoms with Crippen LogP contribution in [0.5, 0.6) is 0 Å². The van der Waals surface area contributed by atoms with Crippen LogP contribution in [-0.2, 0) is 9.47 Å². The summed E-state index contributed by atoms with van der Waals surface area (Å²) in [5, 5.41) is 7.56. The van der Waals surface area contributed by atoms with E-state index in [0.29, 0.717) is 13.2 Å². The van der Waals surface area contributed by atoms with Gasteiger partial charge in [-0.15, -0.1) is 0 Å². The summed E-state index contributed by atoms with van der Waals surface area (Å²) in [6.07, 6.45) is -0.315. The van der Waals surface area contributed by atoms with E-state index < -0.39 is 0 Å². The molecule has 5 nitrogen and oxygen atoms in total. The predicted molar refractivity (Wildman–Crippen MR) is 59.4 cm³/mol. The second-order valence-electron chi connectivity index (χ2n) is 3.64. The molecule has 2 aromatic rings. The maximum atomic E-state index is 5.42. The number of anilines is 1. The predicted octanol–water partition coefficient (Wildman–Crippen LogP) is 1.42. The van der Waals surface area contributed by atoms with E-state index in [0.717, 1.165) is 17.0 Å². The first-order valence-electron chi connectivity index (χ1n) is 5.28. The van der Waals surface area contributed by atoms with Crippen molar-refractivity contribution in [3.8, 4) is 0 Å². The number of nitrogens with zero attached hydrogens (tertiary/aromatic N) is 2. The van der Waals surface area contributed by atoms with Crippen LogP contribution < -0.4 is 5.32 Å². The Morgan fingerprint density at radius 2 is 2.19 bits per heavy atom. The minimum Gasteiger partial charge on any atom is -0.373 e. The Labute approximate surface area is 93.0 Å². The number of nitrogens with one attached hydrogen (secondary N) is 1. The van der Waals surface area contributed by atoms with Gasteiger partial charge in [0.15, 0.2) is 0 Å². The van der Waals surface area contributed by atoms with Crippen molar-refractivity contribution in [3.63, 3.8) is 0 Å². The summed E-state index contributed by atoms with van der Waals surface area (Å²) in [6, 6.07) is 7.95. The molecule has 0 aromatic carbocycles. The number of hydrogen-bond acceptors (Lipinski definition) is 4. The third kappa shape index (κ3) is 1.45. The van der Waals surface area contributed by atoms with Crippen molar-refractivity contribution in [2.24, 2.45) is 0 Å².